The Morgan fingerprint density at radius 3 is 2.11 bits per heavy atom. The summed E-state index contributed by atoms with van der Waals surface area (Å²) in [6, 6.07) is 1.44. The Bertz CT molecular complexity index is 461. The maximum Gasteiger partial charge on any atom is 0.341 e. The van der Waals surface area contributed by atoms with Gasteiger partial charge in [-0.25, -0.2) is 4.57 Å². The van der Waals surface area contributed by atoms with E-state index in [9.17, 15) is 9.13 Å². The van der Waals surface area contributed by atoms with Gasteiger partial charge in [-0.15, -0.1) is 0 Å². The first-order chi connectivity index (χ1) is 7.60. The molecule has 1 aromatic heterocycles. The SMILES string of the molecule is C[n+]1ccc(CC(P(=O)(O)O)P(=O)(O)O)nc1.[Cl-]. The zero-order chi connectivity index (χ0) is 13.3. The fourth-order valence-electron chi connectivity index (χ4n) is 1.19. The molecule has 104 valence electrons. The lowest BCUT2D eigenvalue weighted by molar-refractivity contribution is -0.674. The summed E-state index contributed by atoms with van der Waals surface area (Å²) in [5, 5.41) is -2.05. The Balaban J connectivity index is 0.00000289. The monoisotopic (exact) mass is 318 g/mol. The molecule has 4 N–H and O–H groups in total. The Labute approximate surface area is 109 Å². The molecule has 0 saturated carbocycles. The minimum Gasteiger partial charge on any atom is -1.00 e. The van der Waals surface area contributed by atoms with Gasteiger partial charge in [0.1, 0.15) is 0 Å². The molecule has 1 heterocycles. The van der Waals surface area contributed by atoms with E-state index in [-0.39, 0.29) is 18.1 Å². The molecule has 0 aliphatic rings. The summed E-state index contributed by atoms with van der Waals surface area (Å²) in [6.07, 6.45) is 2.47. The van der Waals surface area contributed by atoms with E-state index in [0.29, 0.717) is 0 Å². The van der Waals surface area contributed by atoms with Crippen LogP contribution in [0, 0.1) is 0 Å². The molecule has 1 aromatic rings. The molecule has 11 heteroatoms. The molecule has 0 aliphatic heterocycles. The van der Waals surface area contributed by atoms with E-state index in [2.05, 4.69) is 4.98 Å². The number of hydrogen-bond donors (Lipinski definition) is 4. The van der Waals surface area contributed by atoms with Crippen molar-refractivity contribution >= 4 is 15.2 Å². The summed E-state index contributed by atoms with van der Waals surface area (Å²) in [5.41, 5.74) is 0.208. The third kappa shape index (κ3) is 5.12. The van der Waals surface area contributed by atoms with Gasteiger partial charge in [-0.3, -0.25) is 9.13 Å². The second-order valence-corrected chi connectivity index (χ2v) is 7.59. The van der Waals surface area contributed by atoms with Crippen LogP contribution in [0.5, 0.6) is 0 Å². The van der Waals surface area contributed by atoms with Crippen LogP contribution in [-0.2, 0) is 22.6 Å². The first-order valence-corrected chi connectivity index (χ1v) is 7.87. The molecular weight excluding hydrogens is 305 g/mol. The normalized spacial score (nSPS) is 12.3. The molecule has 8 nitrogen and oxygen atoms in total. The minimum atomic E-state index is -4.88. The molecule has 0 radical (unpaired) electrons. The molecule has 0 spiro atoms. The Hall–Kier alpha value is -0.330. The molecule has 0 fully saturated rings. The Kier molecular flexibility index (Phi) is 6.10. The molecular formula is C7H13ClN2O6P2. The topological polar surface area (TPSA) is 132 Å². The highest BCUT2D eigenvalue weighted by Gasteiger charge is 2.44. The van der Waals surface area contributed by atoms with E-state index >= 15 is 0 Å². The van der Waals surface area contributed by atoms with Crippen LogP contribution in [0.2, 0.25) is 0 Å². The van der Waals surface area contributed by atoms with Gasteiger partial charge < -0.3 is 32.0 Å². The van der Waals surface area contributed by atoms with Gasteiger partial charge >= 0.3 is 15.2 Å². The second-order valence-electron chi connectivity index (χ2n) is 3.58. The van der Waals surface area contributed by atoms with Crippen molar-refractivity contribution in [2.45, 2.75) is 11.8 Å². The number of halogens is 1. The zero-order valence-electron chi connectivity index (χ0n) is 9.29. The van der Waals surface area contributed by atoms with Crippen molar-refractivity contribution < 1.29 is 45.7 Å². The maximum atomic E-state index is 11.0. The molecule has 0 atom stereocenters. The van der Waals surface area contributed by atoms with Crippen LogP contribution in [-0.4, -0.2) is 30.0 Å². The van der Waals surface area contributed by atoms with Crippen LogP contribution in [0.3, 0.4) is 0 Å². The van der Waals surface area contributed by atoms with E-state index in [1.54, 1.807) is 17.8 Å². The third-order valence-corrected chi connectivity index (χ3v) is 5.80. The zero-order valence-corrected chi connectivity index (χ0v) is 11.8. The highest BCUT2D eigenvalue weighted by Crippen LogP contribution is 2.60. The highest BCUT2D eigenvalue weighted by atomic mass is 35.5. The quantitative estimate of drug-likeness (QED) is 0.330. The van der Waals surface area contributed by atoms with Crippen molar-refractivity contribution in [3.63, 3.8) is 0 Å². The molecule has 0 unspecified atom stereocenters. The lowest BCUT2D eigenvalue weighted by Gasteiger charge is -2.17. The predicted octanol–water partition coefficient (Wildman–Crippen LogP) is -3.87. The smallest absolute Gasteiger partial charge is 0.341 e. The van der Waals surface area contributed by atoms with Crippen molar-refractivity contribution in [1.29, 1.82) is 0 Å². The second kappa shape index (κ2) is 6.21. The third-order valence-electron chi connectivity index (χ3n) is 2.08. The van der Waals surface area contributed by atoms with Crippen LogP contribution in [0.15, 0.2) is 18.6 Å². The number of rotatable bonds is 4. The molecule has 0 bridgehead atoms. The van der Waals surface area contributed by atoms with Crippen LogP contribution < -0.4 is 17.0 Å². The van der Waals surface area contributed by atoms with Crippen molar-refractivity contribution in [1.82, 2.24) is 4.98 Å². The van der Waals surface area contributed by atoms with Gasteiger partial charge in [0, 0.05) is 12.5 Å². The van der Waals surface area contributed by atoms with Crippen molar-refractivity contribution in [2.24, 2.45) is 7.05 Å². The molecule has 0 amide bonds. The largest absolute Gasteiger partial charge is 1.00 e. The Morgan fingerprint density at radius 2 is 1.78 bits per heavy atom. The van der Waals surface area contributed by atoms with E-state index in [4.69, 9.17) is 19.6 Å². The maximum absolute atomic E-state index is 11.0. The van der Waals surface area contributed by atoms with Gasteiger partial charge in [-0.05, 0) is 0 Å². The van der Waals surface area contributed by atoms with E-state index in [1.165, 1.54) is 12.4 Å². The number of hydrogen-bond acceptors (Lipinski definition) is 3. The van der Waals surface area contributed by atoms with E-state index < -0.39 is 27.0 Å². The van der Waals surface area contributed by atoms with Gasteiger partial charge in [-0.1, -0.05) is 4.98 Å². The predicted molar refractivity (Wildman–Crippen MR) is 57.0 cm³/mol. The fraction of sp³-hybridized carbons (Fsp3) is 0.429. The standard InChI is InChI=1S/C7H12N2O6P2.ClH/c1-9-3-2-6(8-5-9)4-7(16(10,11)12)17(13,14)15;/h2-3,5,7H,4H2,1H3,(H3-,10,11,12,13,14,15);1H. The van der Waals surface area contributed by atoms with Crippen molar-refractivity contribution in [3.05, 3.63) is 24.3 Å². The number of nitrogens with zero attached hydrogens (tertiary/aromatic N) is 2. The van der Waals surface area contributed by atoms with Gasteiger partial charge in [0.15, 0.2) is 11.1 Å². The molecule has 1 rings (SSSR count). The first-order valence-electron chi connectivity index (χ1n) is 4.51. The van der Waals surface area contributed by atoms with Gasteiger partial charge in [-0.2, -0.15) is 0 Å². The summed E-state index contributed by atoms with van der Waals surface area (Å²) >= 11 is 0. The fourth-order valence-corrected chi connectivity index (χ4v) is 3.61. The highest BCUT2D eigenvalue weighted by molar-refractivity contribution is 7.70. The average molecular weight is 319 g/mol. The van der Waals surface area contributed by atoms with Crippen LogP contribution in [0.4, 0.5) is 0 Å². The first kappa shape index (κ1) is 17.7. The van der Waals surface area contributed by atoms with Gasteiger partial charge in [0.2, 0.25) is 0 Å². The van der Waals surface area contributed by atoms with E-state index in [0.717, 1.165) is 0 Å². The van der Waals surface area contributed by atoms with E-state index in [1.807, 2.05) is 0 Å². The van der Waals surface area contributed by atoms with Crippen molar-refractivity contribution in [2.75, 3.05) is 0 Å². The Morgan fingerprint density at radius 1 is 1.28 bits per heavy atom. The lowest BCUT2D eigenvalue weighted by Crippen LogP contribution is -3.00. The lowest BCUT2D eigenvalue weighted by atomic mass is 10.3. The minimum absolute atomic E-state index is 0. The summed E-state index contributed by atoms with van der Waals surface area (Å²) < 4.78 is 23.6. The number of aromatic nitrogens is 2. The molecule has 0 aliphatic carbocycles. The summed E-state index contributed by atoms with van der Waals surface area (Å²) in [5.74, 6) is 0. The van der Waals surface area contributed by atoms with Gasteiger partial charge in [0.25, 0.3) is 6.33 Å². The number of aryl methyl sites for hydroxylation is 1. The van der Waals surface area contributed by atoms with Crippen molar-refractivity contribution in [3.8, 4) is 0 Å². The molecule has 0 saturated heterocycles. The molecule has 18 heavy (non-hydrogen) atoms. The molecule has 0 aromatic carbocycles. The van der Waals surface area contributed by atoms with Gasteiger partial charge in [0.05, 0.1) is 13.2 Å². The summed E-state index contributed by atoms with van der Waals surface area (Å²) in [6.45, 7) is 0. The van der Waals surface area contributed by atoms with Crippen LogP contribution in [0.1, 0.15) is 5.69 Å². The van der Waals surface area contributed by atoms with Crippen LogP contribution >= 0.6 is 15.2 Å². The summed E-state index contributed by atoms with van der Waals surface area (Å²) in [7, 11) is -8.07. The van der Waals surface area contributed by atoms with Crippen LogP contribution in [0.25, 0.3) is 0 Å². The summed E-state index contributed by atoms with van der Waals surface area (Å²) in [4.78, 5) is 39.5. The average Bonchev–Trinajstić information content (AvgIpc) is 2.13.